The van der Waals surface area contributed by atoms with Gasteiger partial charge >= 0.3 is 0 Å². The van der Waals surface area contributed by atoms with E-state index in [0.29, 0.717) is 11.4 Å². The third-order valence-electron chi connectivity index (χ3n) is 2.84. The van der Waals surface area contributed by atoms with Gasteiger partial charge in [0.05, 0.1) is 21.9 Å². The lowest BCUT2D eigenvalue weighted by atomic mass is 10.3. The molecule has 3 rings (SSSR count). The van der Waals surface area contributed by atoms with Gasteiger partial charge in [-0.3, -0.25) is 4.98 Å². The molecule has 3 aromatic rings. The van der Waals surface area contributed by atoms with Gasteiger partial charge in [-0.25, -0.2) is 0 Å². The molecule has 0 amide bonds. The Kier molecular flexibility index (Phi) is 3.62. The summed E-state index contributed by atoms with van der Waals surface area (Å²) in [7, 11) is 0. The number of nitrogens with two attached hydrogens (primary N) is 2. The van der Waals surface area contributed by atoms with Crippen LogP contribution in [0.1, 0.15) is 0 Å². The number of thiophene rings is 1. The minimum absolute atomic E-state index is 0.609. The van der Waals surface area contributed by atoms with E-state index in [-0.39, 0.29) is 0 Å². The summed E-state index contributed by atoms with van der Waals surface area (Å²) in [6.07, 6.45) is 1.86. The van der Waals surface area contributed by atoms with Gasteiger partial charge in [0.25, 0.3) is 0 Å². The maximum Gasteiger partial charge on any atom is 0.0802 e. The second-order valence-electron chi connectivity index (χ2n) is 4.22. The van der Waals surface area contributed by atoms with Gasteiger partial charge < -0.3 is 11.5 Å². The van der Waals surface area contributed by atoms with E-state index in [1.165, 1.54) is 4.88 Å². The van der Waals surface area contributed by atoms with Crippen LogP contribution < -0.4 is 11.5 Å². The molecule has 0 aliphatic heterocycles. The Morgan fingerprint density at radius 3 is 2.60 bits per heavy atom. The SMILES string of the molecule is Nc1cccc(Sc2ccc(-c3cccs3)nc2)c1N. The summed E-state index contributed by atoms with van der Waals surface area (Å²) in [6, 6.07) is 13.8. The molecule has 0 atom stereocenters. The monoisotopic (exact) mass is 299 g/mol. The van der Waals surface area contributed by atoms with Crippen molar-refractivity contribution in [2.24, 2.45) is 0 Å². The first kappa shape index (κ1) is 13.0. The number of nitrogen functional groups attached to an aromatic ring is 2. The summed E-state index contributed by atoms with van der Waals surface area (Å²) in [4.78, 5) is 7.66. The number of nitrogens with zero attached hydrogens (tertiary/aromatic N) is 1. The fraction of sp³-hybridized carbons (Fsp3) is 0. The Hall–Kier alpha value is -1.98. The highest BCUT2D eigenvalue weighted by Crippen LogP contribution is 2.35. The lowest BCUT2D eigenvalue weighted by molar-refractivity contribution is 1.24. The van der Waals surface area contributed by atoms with Crippen LogP contribution in [-0.4, -0.2) is 4.98 Å². The van der Waals surface area contributed by atoms with Crippen molar-refractivity contribution >= 4 is 34.5 Å². The number of aromatic nitrogens is 1. The summed E-state index contributed by atoms with van der Waals surface area (Å²) in [5.41, 5.74) is 14.0. The Labute approximate surface area is 125 Å². The zero-order valence-corrected chi connectivity index (χ0v) is 12.2. The molecule has 0 spiro atoms. The van der Waals surface area contributed by atoms with Crippen LogP contribution in [0.2, 0.25) is 0 Å². The first-order valence-electron chi connectivity index (χ1n) is 6.06. The quantitative estimate of drug-likeness (QED) is 0.714. The Bertz CT molecular complexity index is 706. The molecule has 0 radical (unpaired) electrons. The molecule has 100 valence electrons. The Morgan fingerprint density at radius 1 is 1.00 bits per heavy atom. The molecule has 0 saturated heterocycles. The van der Waals surface area contributed by atoms with Crippen molar-refractivity contribution in [2.45, 2.75) is 9.79 Å². The minimum Gasteiger partial charge on any atom is -0.397 e. The fourth-order valence-electron chi connectivity index (χ4n) is 1.79. The van der Waals surface area contributed by atoms with Crippen LogP contribution in [0.5, 0.6) is 0 Å². The van der Waals surface area contributed by atoms with E-state index in [9.17, 15) is 0 Å². The zero-order chi connectivity index (χ0) is 13.9. The van der Waals surface area contributed by atoms with Crippen molar-refractivity contribution in [3.8, 4) is 10.6 Å². The maximum atomic E-state index is 5.97. The smallest absolute Gasteiger partial charge is 0.0802 e. The molecule has 1 aromatic carbocycles. The highest BCUT2D eigenvalue weighted by molar-refractivity contribution is 7.99. The van der Waals surface area contributed by atoms with Crippen LogP contribution in [0.4, 0.5) is 11.4 Å². The standard InChI is InChI=1S/C15H13N3S2/c16-11-3-1-4-14(15(11)17)20-10-6-7-12(18-9-10)13-5-2-8-19-13/h1-9H,16-17H2. The molecule has 2 heterocycles. The number of para-hydroxylation sites is 1. The van der Waals surface area contributed by atoms with E-state index >= 15 is 0 Å². The summed E-state index contributed by atoms with van der Waals surface area (Å²) in [6.45, 7) is 0. The van der Waals surface area contributed by atoms with Gasteiger partial charge in [-0.1, -0.05) is 23.9 Å². The Balaban J connectivity index is 1.83. The van der Waals surface area contributed by atoms with Crippen molar-refractivity contribution in [1.29, 1.82) is 0 Å². The lowest BCUT2D eigenvalue weighted by Crippen LogP contribution is -1.95. The molecule has 2 aromatic heterocycles. The van der Waals surface area contributed by atoms with E-state index < -0.39 is 0 Å². The summed E-state index contributed by atoms with van der Waals surface area (Å²) in [5.74, 6) is 0. The molecule has 3 nitrogen and oxygen atoms in total. The first-order valence-corrected chi connectivity index (χ1v) is 7.75. The van der Waals surface area contributed by atoms with Gasteiger partial charge in [0.2, 0.25) is 0 Å². The molecule has 5 heteroatoms. The number of hydrogen-bond donors (Lipinski definition) is 2. The van der Waals surface area contributed by atoms with E-state index in [1.807, 2.05) is 35.8 Å². The normalized spacial score (nSPS) is 10.6. The molecule has 0 fully saturated rings. The summed E-state index contributed by atoms with van der Waals surface area (Å²) >= 11 is 3.25. The fourth-order valence-corrected chi connectivity index (χ4v) is 3.36. The molecule has 20 heavy (non-hydrogen) atoms. The molecule has 0 unspecified atom stereocenters. The van der Waals surface area contributed by atoms with Gasteiger partial charge in [-0.05, 0) is 35.7 Å². The van der Waals surface area contributed by atoms with Crippen LogP contribution in [0, 0.1) is 0 Å². The van der Waals surface area contributed by atoms with Crippen molar-refractivity contribution in [1.82, 2.24) is 4.98 Å². The zero-order valence-electron chi connectivity index (χ0n) is 10.6. The van der Waals surface area contributed by atoms with E-state index in [2.05, 4.69) is 17.1 Å². The molecular formula is C15H13N3S2. The molecule has 0 saturated carbocycles. The number of benzene rings is 1. The number of pyridine rings is 1. The van der Waals surface area contributed by atoms with Gasteiger partial charge in [-0.2, -0.15) is 0 Å². The third kappa shape index (κ3) is 2.64. The minimum atomic E-state index is 0.609. The largest absolute Gasteiger partial charge is 0.397 e. The van der Waals surface area contributed by atoms with Crippen LogP contribution in [0.3, 0.4) is 0 Å². The molecule has 4 N–H and O–H groups in total. The first-order chi connectivity index (χ1) is 9.74. The average molecular weight is 299 g/mol. The maximum absolute atomic E-state index is 5.97. The predicted octanol–water partition coefficient (Wildman–Crippen LogP) is 4.13. The van der Waals surface area contributed by atoms with Crippen LogP contribution in [0.15, 0.2) is 63.8 Å². The van der Waals surface area contributed by atoms with Crippen LogP contribution in [-0.2, 0) is 0 Å². The number of hydrogen-bond acceptors (Lipinski definition) is 5. The second kappa shape index (κ2) is 5.56. The van der Waals surface area contributed by atoms with Crippen molar-refractivity contribution in [3.63, 3.8) is 0 Å². The van der Waals surface area contributed by atoms with E-state index in [1.54, 1.807) is 29.2 Å². The molecular weight excluding hydrogens is 286 g/mol. The van der Waals surface area contributed by atoms with Gasteiger partial charge in [-0.15, -0.1) is 11.3 Å². The second-order valence-corrected chi connectivity index (χ2v) is 6.28. The number of rotatable bonds is 3. The molecule has 0 aliphatic rings. The van der Waals surface area contributed by atoms with Gasteiger partial charge in [0, 0.05) is 16.0 Å². The topological polar surface area (TPSA) is 64.9 Å². The summed E-state index contributed by atoms with van der Waals surface area (Å²) < 4.78 is 0. The van der Waals surface area contributed by atoms with Crippen LogP contribution >= 0.6 is 23.1 Å². The lowest BCUT2D eigenvalue weighted by Gasteiger charge is -2.07. The van der Waals surface area contributed by atoms with Crippen molar-refractivity contribution < 1.29 is 0 Å². The van der Waals surface area contributed by atoms with Crippen LogP contribution in [0.25, 0.3) is 10.6 Å². The van der Waals surface area contributed by atoms with E-state index in [4.69, 9.17) is 11.5 Å². The van der Waals surface area contributed by atoms with Gasteiger partial charge in [0.1, 0.15) is 0 Å². The molecule has 0 bridgehead atoms. The molecule has 0 aliphatic carbocycles. The number of anilines is 2. The van der Waals surface area contributed by atoms with Crippen molar-refractivity contribution in [3.05, 3.63) is 54.0 Å². The van der Waals surface area contributed by atoms with Crippen molar-refractivity contribution in [2.75, 3.05) is 11.5 Å². The highest BCUT2D eigenvalue weighted by Gasteiger charge is 2.06. The average Bonchev–Trinajstić information content (AvgIpc) is 2.99. The van der Waals surface area contributed by atoms with E-state index in [0.717, 1.165) is 15.5 Å². The highest BCUT2D eigenvalue weighted by atomic mass is 32.2. The Morgan fingerprint density at radius 2 is 1.90 bits per heavy atom. The third-order valence-corrected chi connectivity index (χ3v) is 4.78. The summed E-state index contributed by atoms with van der Waals surface area (Å²) in [5, 5.41) is 2.05. The predicted molar refractivity (Wildman–Crippen MR) is 86.9 cm³/mol. The van der Waals surface area contributed by atoms with Gasteiger partial charge in [0.15, 0.2) is 0 Å².